The minimum Gasteiger partial charge on any atom is -0.437 e. The molecule has 0 unspecified atom stereocenters. The van der Waals surface area contributed by atoms with E-state index in [-0.39, 0.29) is 10.9 Å². The predicted octanol–water partition coefficient (Wildman–Crippen LogP) is 3.71. The molecule has 1 saturated heterocycles. The van der Waals surface area contributed by atoms with Crippen molar-refractivity contribution < 1.29 is 13.2 Å². The minimum absolute atomic E-state index is 0.169. The van der Waals surface area contributed by atoms with E-state index in [4.69, 9.17) is 9.84 Å². The number of nitrogens with one attached hydrogen (secondary N) is 1. The van der Waals surface area contributed by atoms with Crippen molar-refractivity contribution in [3.05, 3.63) is 48.5 Å². The van der Waals surface area contributed by atoms with Crippen molar-refractivity contribution in [1.82, 2.24) is 29.9 Å². The van der Waals surface area contributed by atoms with E-state index in [9.17, 15) is 8.42 Å². The standard InChI is InChI=1S/C23H27N7O3S/c1-15(2)20-12-21(27-26-20)29-10-8-16(9-11-29)30-22-19(13-24-14-25-22)23(28-30)33-17-4-6-18(7-5-17)34(3,31)32/h4-7,12-16H,8-11H2,1-3H3,(H,26,27). The molecule has 0 amide bonds. The molecule has 4 heterocycles. The van der Waals surface area contributed by atoms with Crippen molar-refractivity contribution in [3.63, 3.8) is 0 Å². The smallest absolute Gasteiger partial charge is 0.249 e. The lowest BCUT2D eigenvalue weighted by Gasteiger charge is -2.32. The maximum Gasteiger partial charge on any atom is 0.249 e. The van der Waals surface area contributed by atoms with Crippen LogP contribution in [0.3, 0.4) is 0 Å². The Labute approximate surface area is 197 Å². The van der Waals surface area contributed by atoms with Crippen molar-refractivity contribution >= 4 is 26.7 Å². The van der Waals surface area contributed by atoms with Gasteiger partial charge in [0, 0.05) is 37.3 Å². The van der Waals surface area contributed by atoms with Gasteiger partial charge in [-0.05, 0) is 43.0 Å². The average Bonchev–Trinajstić information content (AvgIpc) is 3.45. The molecule has 178 valence electrons. The minimum atomic E-state index is -3.27. The van der Waals surface area contributed by atoms with Crippen LogP contribution in [0.4, 0.5) is 5.82 Å². The number of fused-ring (bicyclic) bond motifs is 1. The van der Waals surface area contributed by atoms with E-state index in [0.717, 1.165) is 43.1 Å². The van der Waals surface area contributed by atoms with Gasteiger partial charge < -0.3 is 9.64 Å². The Morgan fingerprint density at radius 1 is 1.15 bits per heavy atom. The molecule has 10 nitrogen and oxygen atoms in total. The summed E-state index contributed by atoms with van der Waals surface area (Å²) in [6.07, 6.45) is 6.17. The van der Waals surface area contributed by atoms with Gasteiger partial charge in [0.05, 0.1) is 10.9 Å². The van der Waals surface area contributed by atoms with Crippen LogP contribution in [0.25, 0.3) is 11.0 Å². The van der Waals surface area contributed by atoms with Crippen LogP contribution in [0.2, 0.25) is 0 Å². The molecule has 4 aromatic rings. The van der Waals surface area contributed by atoms with E-state index in [1.165, 1.54) is 24.7 Å². The van der Waals surface area contributed by atoms with Crippen molar-refractivity contribution in [2.75, 3.05) is 24.2 Å². The van der Waals surface area contributed by atoms with E-state index in [1.54, 1.807) is 18.3 Å². The second-order valence-corrected chi connectivity index (χ2v) is 10.9. The number of H-pyrrole nitrogens is 1. The number of benzene rings is 1. The molecule has 0 spiro atoms. The summed E-state index contributed by atoms with van der Waals surface area (Å²) < 4.78 is 31.4. The van der Waals surface area contributed by atoms with Crippen molar-refractivity contribution in [3.8, 4) is 11.6 Å². The SMILES string of the molecule is CC(C)c1cc(N2CCC(n3nc(Oc4ccc(S(C)(=O)=O)cc4)c4cncnc43)CC2)n[nH]1. The van der Waals surface area contributed by atoms with Gasteiger partial charge in [0.15, 0.2) is 21.3 Å². The summed E-state index contributed by atoms with van der Waals surface area (Å²) in [5.74, 6) is 2.29. The molecule has 34 heavy (non-hydrogen) atoms. The van der Waals surface area contributed by atoms with Crippen molar-refractivity contribution in [2.45, 2.75) is 43.5 Å². The molecule has 0 saturated carbocycles. The molecule has 1 fully saturated rings. The summed E-state index contributed by atoms with van der Waals surface area (Å²) >= 11 is 0. The number of piperidine rings is 1. The molecule has 0 atom stereocenters. The largest absolute Gasteiger partial charge is 0.437 e. The van der Waals surface area contributed by atoms with Gasteiger partial charge in [0.1, 0.15) is 17.5 Å². The first-order valence-electron chi connectivity index (χ1n) is 11.3. The molecule has 0 bridgehead atoms. The molecule has 1 aliphatic rings. The van der Waals surface area contributed by atoms with Crippen LogP contribution in [-0.2, 0) is 9.84 Å². The molecule has 1 aliphatic heterocycles. The van der Waals surface area contributed by atoms with E-state index >= 15 is 0 Å². The average molecular weight is 482 g/mol. The van der Waals surface area contributed by atoms with Crippen LogP contribution in [0.1, 0.15) is 44.3 Å². The number of sulfone groups is 1. The first kappa shape index (κ1) is 22.3. The summed E-state index contributed by atoms with van der Waals surface area (Å²) in [5.41, 5.74) is 1.86. The second-order valence-electron chi connectivity index (χ2n) is 8.91. The number of nitrogens with zero attached hydrogens (tertiary/aromatic N) is 6. The highest BCUT2D eigenvalue weighted by Crippen LogP contribution is 2.33. The van der Waals surface area contributed by atoms with Gasteiger partial charge in [0.25, 0.3) is 0 Å². The molecule has 0 radical (unpaired) electrons. The molecule has 1 aromatic carbocycles. The predicted molar refractivity (Wildman–Crippen MR) is 128 cm³/mol. The molecular formula is C23H27N7O3S. The van der Waals surface area contributed by atoms with E-state index in [1.807, 2.05) is 4.68 Å². The lowest BCUT2D eigenvalue weighted by atomic mass is 10.1. The second kappa shape index (κ2) is 8.71. The first-order chi connectivity index (χ1) is 16.3. The fourth-order valence-corrected chi connectivity index (χ4v) is 4.81. The van der Waals surface area contributed by atoms with Crippen LogP contribution < -0.4 is 9.64 Å². The van der Waals surface area contributed by atoms with Gasteiger partial charge in [-0.3, -0.25) is 5.10 Å². The molecule has 1 N–H and O–H groups in total. The topological polar surface area (TPSA) is 119 Å². The molecule has 3 aromatic heterocycles. The van der Waals surface area contributed by atoms with Crippen molar-refractivity contribution in [2.24, 2.45) is 0 Å². The Kier molecular flexibility index (Phi) is 5.72. The Morgan fingerprint density at radius 3 is 2.53 bits per heavy atom. The third-order valence-electron chi connectivity index (χ3n) is 6.14. The van der Waals surface area contributed by atoms with Crippen LogP contribution in [-0.4, -0.2) is 57.7 Å². The molecule has 0 aliphatic carbocycles. The fraction of sp³-hybridized carbons (Fsp3) is 0.391. The zero-order chi connectivity index (χ0) is 23.9. The Morgan fingerprint density at radius 2 is 1.88 bits per heavy atom. The molecule has 5 rings (SSSR count). The maximum absolute atomic E-state index is 11.7. The summed E-state index contributed by atoms with van der Waals surface area (Å²) in [6, 6.07) is 8.59. The van der Waals surface area contributed by atoms with Crippen LogP contribution in [0.15, 0.2) is 47.8 Å². The van der Waals surface area contributed by atoms with Gasteiger partial charge in [-0.2, -0.15) is 5.10 Å². The van der Waals surface area contributed by atoms with Gasteiger partial charge >= 0.3 is 0 Å². The Bertz CT molecular complexity index is 1400. The lowest BCUT2D eigenvalue weighted by molar-refractivity contribution is 0.359. The fourth-order valence-electron chi connectivity index (χ4n) is 4.17. The number of hydrogen-bond acceptors (Lipinski definition) is 8. The Balaban J connectivity index is 1.35. The van der Waals surface area contributed by atoms with Crippen molar-refractivity contribution in [1.29, 1.82) is 0 Å². The highest BCUT2D eigenvalue weighted by molar-refractivity contribution is 7.90. The van der Waals surface area contributed by atoms with Gasteiger partial charge in [0.2, 0.25) is 5.88 Å². The van der Waals surface area contributed by atoms with Gasteiger partial charge in [-0.15, -0.1) is 5.10 Å². The summed E-state index contributed by atoms with van der Waals surface area (Å²) in [7, 11) is -3.27. The third kappa shape index (κ3) is 4.35. The van der Waals surface area contributed by atoms with Crippen LogP contribution in [0.5, 0.6) is 11.6 Å². The van der Waals surface area contributed by atoms with E-state index in [2.05, 4.69) is 45.0 Å². The van der Waals surface area contributed by atoms with Gasteiger partial charge in [-0.1, -0.05) is 13.8 Å². The highest BCUT2D eigenvalue weighted by Gasteiger charge is 2.26. The highest BCUT2D eigenvalue weighted by atomic mass is 32.2. The number of ether oxygens (including phenoxy) is 1. The monoisotopic (exact) mass is 481 g/mol. The van der Waals surface area contributed by atoms with Crippen LogP contribution in [0, 0.1) is 0 Å². The quantitative estimate of drug-likeness (QED) is 0.443. The summed E-state index contributed by atoms with van der Waals surface area (Å²) in [4.78, 5) is 11.1. The number of aromatic nitrogens is 6. The first-order valence-corrected chi connectivity index (χ1v) is 13.1. The van der Waals surface area contributed by atoms with E-state index < -0.39 is 9.84 Å². The number of rotatable bonds is 6. The van der Waals surface area contributed by atoms with E-state index in [0.29, 0.717) is 22.9 Å². The summed E-state index contributed by atoms with van der Waals surface area (Å²) in [5, 5.41) is 13.1. The molecule has 11 heteroatoms. The summed E-state index contributed by atoms with van der Waals surface area (Å²) in [6.45, 7) is 6.02. The molecular weight excluding hydrogens is 454 g/mol. The number of anilines is 1. The number of hydrogen-bond donors (Lipinski definition) is 1. The lowest BCUT2D eigenvalue weighted by Crippen LogP contribution is -2.35. The Hall–Kier alpha value is -3.47. The number of aromatic amines is 1. The normalized spacial score (nSPS) is 15.4. The zero-order valence-electron chi connectivity index (χ0n) is 19.3. The van der Waals surface area contributed by atoms with Gasteiger partial charge in [-0.25, -0.2) is 23.1 Å². The zero-order valence-corrected chi connectivity index (χ0v) is 20.2. The maximum atomic E-state index is 11.7. The third-order valence-corrected chi connectivity index (χ3v) is 7.27. The van der Waals surface area contributed by atoms with Crippen LogP contribution >= 0.6 is 0 Å².